The lowest BCUT2D eigenvalue weighted by Crippen LogP contribution is -2.24. The molecular formula is C11H19NS. The molecule has 0 fully saturated rings. The fourth-order valence-electron chi connectivity index (χ4n) is 1.59. The predicted molar refractivity (Wildman–Crippen MR) is 60.3 cm³/mol. The summed E-state index contributed by atoms with van der Waals surface area (Å²) in [4.78, 5) is 1.40. The second-order valence-electron chi connectivity index (χ2n) is 3.77. The Kier molecular flexibility index (Phi) is 3.94. The molecular weight excluding hydrogens is 178 g/mol. The molecule has 0 radical (unpaired) electrons. The monoisotopic (exact) mass is 197 g/mol. The number of rotatable bonds is 4. The minimum Gasteiger partial charge on any atom is -0.310 e. The van der Waals surface area contributed by atoms with E-state index in [2.05, 4.69) is 44.5 Å². The highest BCUT2D eigenvalue weighted by molar-refractivity contribution is 7.10. The molecule has 0 amide bonds. The maximum atomic E-state index is 3.52. The zero-order valence-electron chi connectivity index (χ0n) is 8.92. The van der Waals surface area contributed by atoms with Crippen molar-refractivity contribution in [2.75, 3.05) is 6.54 Å². The molecule has 0 saturated heterocycles. The van der Waals surface area contributed by atoms with Crippen LogP contribution in [-0.4, -0.2) is 6.54 Å². The third kappa shape index (κ3) is 2.82. The topological polar surface area (TPSA) is 12.0 Å². The number of nitrogens with one attached hydrogen (secondary N) is 1. The summed E-state index contributed by atoms with van der Waals surface area (Å²) in [7, 11) is 0. The van der Waals surface area contributed by atoms with Crippen LogP contribution in [0.3, 0.4) is 0 Å². The molecule has 0 aromatic carbocycles. The molecule has 2 heteroatoms. The maximum absolute atomic E-state index is 3.52. The minimum absolute atomic E-state index is 0.523. The Morgan fingerprint density at radius 2 is 2.15 bits per heavy atom. The second-order valence-corrected chi connectivity index (χ2v) is 4.89. The van der Waals surface area contributed by atoms with Gasteiger partial charge in [-0.15, -0.1) is 11.3 Å². The van der Waals surface area contributed by atoms with Crippen LogP contribution >= 0.6 is 11.3 Å². The Labute approximate surface area is 85.2 Å². The molecule has 1 heterocycles. The summed E-state index contributed by atoms with van der Waals surface area (Å²) in [6.07, 6.45) is 0. The van der Waals surface area contributed by atoms with E-state index in [1.54, 1.807) is 0 Å². The lowest BCUT2D eigenvalue weighted by molar-refractivity contribution is 0.422. The van der Waals surface area contributed by atoms with E-state index in [9.17, 15) is 0 Å². The lowest BCUT2D eigenvalue weighted by Gasteiger charge is -2.20. The summed E-state index contributed by atoms with van der Waals surface area (Å²) in [6, 6.07) is 2.81. The van der Waals surface area contributed by atoms with Crippen molar-refractivity contribution in [3.05, 3.63) is 21.9 Å². The van der Waals surface area contributed by atoms with Crippen molar-refractivity contribution in [3.63, 3.8) is 0 Å². The largest absolute Gasteiger partial charge is 0.310 e. The van der Waals surface area contributed by atoms with Gasteiger partial charge < -0.3 is 5.32 Å². The average molecular weight is 197 g/mol. The zero-order chi connectivity index (χ0) is 9.84. The fourth-order valence-corrected chi connectivity index (χ4v) is 2.33. The first-order chi connectivity index (χ1) is 6.15. The van der Waals surface area contributed by atoms with E-state index < -0.39 is 0 Å². The highest BCUT2D eigenvalue weighted by atomic mass is 32.1. The van der Waals surface area contributed by atoms with E-state index in [0.29, 0.717) is 12.0 Å². The number of thiophene rings is 1. The van der Waals surface area contributed by atoms with E-state index in [1.165, 1.54) is 10.4 Å². The molecule has 0 aliphatic carbocycles. The van der Waals surface area contributed by atoms with Crippen LogP contribution < -0.4 is 5.32 Å². The van der Waals surface area contributed by atoms with Crippen LogP contribution in [0.25, 0.3) is 0 Å². The van der Waals surface area contributed by atoms with Crippen molar-refractivity contribution >= 4 is 11.3 Å². The number of hydrogen-bond donors (Lipinski definition) is 1. The van der Waals surface area contributed by atoms with E-state index in [-0.39, 0.29) is 0 Å². The SMILES string of the molecule is CCNC(c1csc(C)c1)C(C)C. The van der Waals surface area contributed by atoms with Gasteiger partial charge in [0.25, 0.3) is 0 Å². The van der Waals surface area contributed by atoms with Crippen molar-refractivity contribution in [2.45, 2.75) is 33.7 Å². The summed E-state index contributed by atoms with van der Waals surface area (Å²) in [5.74, 6) is 0.661. The van der Waals surface area contributed by atoms with E-state index in [4.69, 9.17) is 0 Å². The highest BCUT2D eigenvalue weighted by Gasteiger charge is 2.14. The maximum Gasteiger partial charge on any atom is 0.0351 e. The van der Waals surface area contributed by atoms with Crippen LogP contribution in [0.4, 0.5) is 0 Å². The summed E-state index contributed by atoms with van der Waals surface area (Å²) in [5.41, 5.74) is 1.44. The van der Waals surface area contributed by atoms with Crippen LogP contribution in [0.1, 0.15) is 37.3 Å². The van der Waals surface area contributed by atoms with Gasteiger partial charge in [0.2, 0.25) is 0 Å². The van der Waals surface area contributed by atoms with Crippen LogP contribution in [0.5, 0.6) is 0 Å². The van der Waals surface area contributed by atoms with Gasteiger partial charge in [0.1, 0.15) is 0 Å². The van der Waals surface area contributed by atoms with Gasteiger partial charge in [-0.3, -0.25) is 0 Å². The minimum atomic E-state index is 0.523. The summed E-state index contributed by atoms with van der Waals surface area (Å²) in [6.45, 7) is 9.89. The van der Waals surface area contributed by atoms with Gasteiger partial charge in [-0.2, -0.15) is 0 Å². The Morgan fingerprint density at radius 3 is 2.54 bits per heavy atom. The summed E-state index contributed by atoms with van der Waals surface area (Å²) < 4.78 is 0. The molecule has 74 valence electrons. The quantitative estimate of drug-likeness (QED) is 0.780. The molecule has 1 N–H and O–H groups in total. The molecule has 1 nitrogen and oxygen atoms in total. The third-order valence-electron chi connectivity index (χ3n) is 2.20. The first-order valence-corrected chi connectivity index (χ1v) is 5.81. The molecule has 0 spiro atoms. The third-order valence-corrected chi connectivity index (χ3v) is 3.08. The van der Waals surface area contributed by atoms with Gasteiger partial charge in [0.05, 0.1) is 0 Å². The Morgan fingerprint density at radius 1 is 1.46 bits per heavy atom. The molecule has 0 aliphatic heterocycles. The average Bonchev–Trinajstić information content (AvgIpc) is 2.46. The zero-order valence-corrected chi connectivity index (χ0v) is 9.74. The van der Waals surface area contributed by atoms with Crippen molar-refractivity contribution in [3.8, 4) is 0 Å². The smallest absolute Gasteiger partial charge is 0.0351 e. The predicted octanol–water partition coefficient (Wildman–Crippen LogP) is 3.36. The molecule has 0 aliphatic rings. The van der Waals surface area contributed by atoms with Gasteiger partial charge in [0.15, 0.2) is 0 Å². The van der Waals surface area contributed by atoms with Gasteiger partial charge >= 0.3 is 0 Å². The number of hydrogen-bond acceptors (Lipinski definition) is 2. The molecule has 1 atom stereocenters. The van der Waals surface area contributed by atoms with Crippen LogP contribution in [-0.2, 0) is 0 Å². The van der Waals surface area contributed by atoms with Crippen molar-refractivity contribution in [1.82, 2.24) is 5.32 Å². The molecule has 13 heavy (non-hydrogen) atoms. The first kappa shape index (κ1) is 10.7. The summed E-state index contributed by atoms with van der Waals surface area (Å²) >= 11 is 1.84. The summed E-state index contributed by atoms with van der Waals surface area (Å²) in [5, 5.41) is 5.78. The standard InChI is InChI=1S/C11H19NS/c1-5-12-11(8(2)3)10-6-9(4)13-7-10/h6-8,11-12H,5H2,1-4H3. The van der Waals surface area contributed by atoms with E-state index in [1.807, 2.05) is 11.3 Å². The molecule has 1 unspecified atom stereocenters. The fraction of sp³-hybridized carbons (Fsp3) is 0.636. The van der Waals surface area contributed by atoms with Crippen LogP contribution in [0.15, 0.2) is 11.4 Å². The van der Waals surface area contributed by atoms with Gasteiger partial charge in [-0.05, 0) is 36.4 Å². The first-order valence-electron chi connectivity index (χ1n) is 4.93. The Bertz CT molecular complexity index is 252. The lowest BCUT2D eigenvalue weighted by atomic mass is 9.98. The Balaban J connectivity index is 2.75. The molecule has 0 bridgehead atoms. The number of aryl methyl sites for hydroxylation is 1. The second kappa shape index (κ2) is 4.77. The molecule has 1 aromatic heterocycles. The molecule has 1 rings (SSSR count). The molecule has 1 aromatic rings. The van der Waals surface area contributed by atoms with Gasteiger partial charge in [-0.25, -0.2) is 0 Å². The van der Waals surface area contributed by atoms with Gasteiger partial charge in [-0.1, -0.05) is 20.8 Å². The molecule has 0 saturated carbocycles. The Hall–Kier alpha value is -0.340. The van der Waals surface area contributed by atoms with E-state index in [0.717, 1.165) is 6.54 Å². The highest BCUT2D eigenvalue weighted by Crippen LogP contribution is 2.25. The van der Waals surface area contributed by atoms with Crippen LogP contribution in [0, 0.1) is 12.8 Å². The van der Waals surface area contributed by atoms with E-state index >= 15 is 0 Å². The van der Waals surface area contributed by atoms with Crippen LogP contribution in [0.2, 0.25) is 0 Å². The van der Waals surface area contributed by atoms with Crippen molar-refractivity contribution in [1.29, 1.82) is 0 Å². The normalized spacial score (nSPS) is 13.6. The van der Waals surface area contributed by atoms with Crippen molar-refractivity contribution < 1.29 is 0 Å². The van der Waals surface area contributed by atoms with Crippen molar-refractivity contribution in [2.24, 2.45) is 5.92 Å². The van der Waals surface area contributed by atoms with Gasteiger partial charge in [0, 0.05) is 10.9 Å².